The monoisotopic (exact) mass is 267 g/mol. The van der Waals surface area contributed by atoms with E-state index in [0.717, 1.165) is 16.3 Å². The molecule has 100 valence electrons. The van der Waals surface area contributed by atoms with Crippen molar-refractivity contribution in [2.75, 3.05) is 13.2 Å². The Labute approximate surface area is 115 Å². The van der Waals surface area contributed by atoms with Gasteiger partial charge < -0.3 is 14.0 Å². The van der Waals surface area contributed by atoms with E-state index in [9.17, 15) is 4.79 Å². The molecule has 0 aliphatic carbocycles. The van der Waals surface area contributed by atoms with Gasteiger partial charge in [0, 0.05) is 17.8 Å². The van der Waals surface area contributed by atoms with Crippen molar-refractivity contribution in [3.8, 4) is 11.5 Å². The number of benzene rings is 2. The Balaban J connectivity index is 2.31. The number of pyridine rings is 1. The topological polar surface area (TPSA) is 40.5 Å². The third-order valence-corrected chi connectivity index (χ3v) is 3.78. The molecule has 0 unspecified atom stereocenters. The lowest BCUT2D eigenvalue weighted by molar-refractivity contribution is 0.174. The van der Waals surface area contributed by atoms with Gasteiger partial charge in [0.25, 0.3) is 5.56 Å². The van der Waals surface area contributed by atoms with Crippen molar-refractivity contribution >= 4 is 21.7 Å². The van der Waals surface area contributed by atoms with Crippen LogP contribution in [0.2, 0.25) is 0 Å². The smallest absolute Gasteiger partial charge is 0.258 e. The molecule has 0 fully saturated rings. The van der Waals surface area contributed by atoms with Gasteiger partial charge in [0.05, 0.1) is 10.9 Å². The van der Waals surface area contributed by atoms with Gasteiger partial charge in [-0.3, -0.25) is 4.79 Å². The Hall–Kier alpha value is -2.49. The number of hydrogen-bond acceptors (Lipinski definition) is 3. The third-order valence-electron chi connectivity index (χ3n) is 3.78. The summed E-state index contributed by atoms with van der Waals surface area (Å²) in [5.41, 5.74) is 0.878. The van der Waals surface area contributed by atoms with Gasteiger partial charge in [-0.1, -0.05) is 18.2 Å². The highest BCUT2D eigenvalue weighted by atomic mass is 16.6. The third kappa shape index (κ3) is 1.39. The molecule has 3 aromatic rings. The summed E-state index contributed by atoms with van der Waals surface area (Å²) in [6.07, 6.45) is 0. The van der Waals surface area contributed by atoms with Gasteiger partial charge in [0.15, 0.2) is 11.5 Å². The van der Waals surface area contributed by atoms with Crippen molar-refractivity contribution in [3.05, 3.63) is 46.8 Å². The standard InChI is InChI=1S/C16H13NO3/c1-17-12-5-3-2-4-10(12)14-11(16(17)18)6-7-13-15(14)20-9-8-19-13/h2-7H,8-9H2,1H3. The minimum Gasteiger partial charge on any atom is -0.486 e. The molecular formula is C16H13NO3. The van der Waals surface area contributed by atoms with Crippen molar-refractivity contribution in [3.63, 3.8) is 0 Å². The lowest BCUT2D eigenvalue weighted by Crippen LogP contribution is -2.20. The molecule has 1 aliphatic heterocycles. The summed E-state index contributed by atoms with van der Waals surface area (Å²) in [5.74, 6) is 1.39. The first-order valence-electron chi connectivity index (χ1n) is 6.57. The van der Waals surface area contributed by atoms with E-state index < -0.39 is 0 Å². The number of fused-ring (bicyclic) bond motifs is 5. The molecule has 4 rings (SSSR count). The largest absolute Gasteiger partial charge is 0.486 e. The maximum atomic E-state index is 12.5. The van der Waals surface area contributed by atoms with E-state index in [0.29, 0.717) is 30.1 Å². The Morgan fingerprint density at radius 1 is 1.00 bits per heavy atom. The molecule has 0 atom stereocenters. The van der Waals surface area contributed by atoms with Crippen molar-refractivity contribution in [1.82, 2.24) is 4.57 Å². The number of ether oxygens (including phenoxy) is 2. The first-order chi connectivity index (χ1) is 9.77. The van der Waals surface area contributed by atoms with Crippen molar-refractivity contribution in [2.24, 2.45) is 7.05 Å². The molecule has 1 aromatic heterocycles. The second-order valence-electron chi connectivity index (χ2n) is 4.89. The van der Waals surface area contributed by atoms with E-state index in [1.54, 1.807) is 11.6 Å². The van der Waals surface area contributed by atoms with E-state index in [1.807, 2.05) is 36.4 Å². The lowest BCUT2D eigenvalue weighted by Gasteiger charge is -2.21. The summed E-state index contributed by atoms with van der Waals surface area (Å²) in [7, 11) is 1.79. The fraction of sp³-hybridized carbons (Fsp3) is 0.188. The Bertz CT molecular complexity index is 895. The van der Waals surface area contributed by atoms with Crippen LogP contribution in [0.25, 0.3) is 21.7 Å². The molecule has 0 N–H and O–H groups in total. The Kier molecular flexibility index (Phi) is 2.27. The molecule has 20 heavy (non-hydrogen) atoms. The number of para-hydroxylation sites is 1. The van der Waals surface area contributed by atoms with Gasteiger partial charge in [0.2, 0.25) is 0 Å². The number of rotatable bonds is 0. The quantitative estimate of drug-likeness (QED) is 0.587. The van der Waals surface area contributed by atoms with Crippen LogP contribution in [-0.4, -0.2) is 17.8 Å². The molecule has 0 amide bonds. The molecule has 2 aromatic carbocycles. The van der Waals surface area contributed by atoms with Gasteiger partial charge in [-0.15, -0.1) is 0 Å². The van der Waals surface area contributed by atoms with E-state index >= 15 is 0 Å². The molecule has 0 spiro atoms. The Morgan fingerprint density at radius 3 is 2.70 bits per heavy atom. The predicted molar refractivity (Wildman–Crippen MR) is 77.7 cm³/mol. The highest BCUT2D eigenvalue weighted by molar-refractivity contribution is 6.10. The van der Waals surface area contributed by atoms with Crippen LogP contribution in [0.3, 0.4) is 0 Å². The van der Waals surface area contributed by atoms with Crippen molar-refractivity contribution in [2.45, 2.75) is 0 Å². The normalized spacial score (nSPS) is 13.8. The fourth-order valence-corrected chi connectivity index (χ4v) is 2.83. The van der Waals surface area contributed by atoms with Gasteiger partial charge in [-0.05, 0) is 18.2 Å². The van der Waals surface area contributed by atoms with Gasteiger partial charge in [-0.2, -0.15) is 0 Å². The first kappa shape index (κ1) is 11.3. The summed E-state index contributed by atoms with van der Waals surface area (Å²) in [6, 6.07) is 11.5. The molecular weight excluding hydrogens is 254 g/mol. The highest BCUT2D eigenvalue weighted by Gasteiger charge is 2.19. The van der Waals surface area contributed by atoms with Crippen LogP contribution in [-0.2, 0) is 7.05 Å². The minimum atomic E-state index is -0.0179. The van der Waals surface area contributed by atoms with Crippen LogP contribution >= 0.6 is 0 Å². The lowest BCUT2D eigenvalue weighted by atomic mass is 10.0. The summed E-state index contributed by atoms with van der Waals surface area (Å²) in [6.45, 7) is 1.05. The zero-order valence-corrected chi connectivity index (χ0v) is 11.1. The van der Waals surface area contributed by atoms with E-state index in [2.05, 4.69) is 0 Å². The predicted octanol–water partition coefficient (Wildman–Crippen LogP) is 2.46. The van der Waals surface area contributed by atoms with E-state index in [1.165, 1.54) is 0 Å². The maximum Gasteiger partial charge on any atom is 0.258 e. The van der Waals surface area contributed by atoms with E-state index in [-0.39, 0.29) is 5.56 Å². The van der Waals surface area contributed by atoms with Gasteiger partial charge in [0.1, 0.15) is 13.2 Å². The number of aromatic nitrogens is 1. The minimum absolute atomic E-state index is 0.0179. The molecule has 0 saturated carbocycles. The Morgan fingerprint density at radius 2 is 1.80 bits per heavy atom. The average molecular weight is 267 g/mol. The molecule has 2 heterocycles. The summed E-state index contributed by atoms with van der Waals surface area (Å²) >= 11 is 0. The van der Waals surface area contributed by atoms with Gasteiger partial charge >= 0.3 is 0 Å². The molecule has 4 heteroatoms. The zero-order valence-electron chi connectivity index (χ0n) is 11.1. The van der Waals surface area contributed by atoms with Crippen LogP contribution in [0, 0.1) is 0 Å². The number of hydrogen-bond donors (Lipinski definition) is 0. The average Bonchev–Trinajstić information content (AvgIpc) is 2.51. The summed E-state index contributed by atoms with van der Waals surface area (Å²) in [4.78, 5) is 12.5. The van der Waals surface area contributed by atoms with Crippen LogP contribution in [0.4, 0.5) is 0 Å². The highest BCUT2D eigenvalue weighted by Crippen LogP contribution is 2.39. The zero-order chi connectivity index (χ0) is 13.7. The SMILES string of the molecule is Cn1c(=O)c2ccc3c(c2c2ccccc21)OCCO3. The van der Waals surface area contributed by atoms with Crippen LogP contribution in [0.1, 0.15) is 0 Å². The van der Waals surface area contributed by atoms with Crippen molar-refractivity contribution in [1.29, 1.82) is 0 Å². The molecule has 0 bridgehead atoms. The van der Waals surface area contributed by atoms with Crippen LogP contribution in [0.15, 0.2) is 41.2 Å². The molecule has 1 aliphatic rings. The second kappa shape index (κ2) is 4.00. The van der Waals surface area contributed by atoms with Crippen molar-refractivity contribution < 1.29 is 9.47 Å². The first-order valence-corrected chi connectivity index (χ1v) is 6.57. The molecule has 0 radical (unpaired) electrons. The summed E-state index contributed by atoms with van der Waals surface area (Å²) < 4.78 is 13.1. The van der Waals surface area contributed by atoms with Gasteiger partial charge in [-0.25, -0.2) is 0 Å². The molecule has 4 nitrogen and oxygen atoms in total. The number of nitrogens with zero attached hydrogens (tertiary/aromatic N) is 1. The molecule has 0 saturated heterocycles. The maximum absolute atomic E-state index is 12.5. The fourth-order valence-electron chi connectivity index (χ4n) is 2.83. The second-order valence-corrected chi connectivity index (χ2v) is 4.89. The number of aryl methyl sites for hydroxylation is 1. The summed E-state index contributed by atoms with van der Waals surface area (Å²) in [5, 5.41) is 2.52. The van der Waals surface area contributed by atoms with Crippen LogP contribution in [0.5, 0.6) is 11.5 Å². The van der Waals surface area contributed by atoms with E-state index in [4.69, 9.17) is 9.47 Å². The van der Waals surface area contributed by atoms with Crippen LogP contribution < -0.4 is 15.0 Å².